The second-order valence-corrected chi connectivity index (χ2v) is 4.51. The van der Waals surface area contributed by atoms with E-state index in [0.717, 1.165) is 22.3 Å². The number of hydrogen-bond donors (Lipinski definition) is 0. The molecule has 0 saturated carbocycles. The molecule has 1 aliphatic carbocycles. The van der Waals surface area contributed by atoms with Gasteiger partial charge in [-0.1, -0.05) is 48.5 Å². The largest absolute Gasteiger partial charge is 0.437 e. The van der Waals surface area contributed by atoms with E-state index >= 15 is 0 Å². The lowest BCUT2D eigenvalue weighted by Crippen LogP contribution is -2.29. The Kier molecular flexibility index (Phi) is 2.43. The zero-order valence-corrected chi connectivity index (χ0v) is 10.5. The summed E-state index contributed by atoms with van der Waals surface area (Å²) in [5.74, 6) is 2.29. The van der Waals surface area contributed by atoms with Crippen LogP contribution >= 0.6 is 0 Å². The lowest BCUT2D eigenvalue weighted by molar-refractivity contribution is -0.149. The van der Waals surface area contributed by atoms with Gasteiger partial charge in [0.25, 0.3) is 0 Å². The highest BCUT2D eigenvalue weighted by molar-refractivity contribution is 5.83. The first kappa shape index (κ1) is 11.6. The molecule has 0 unspecified atom stereocenters. The smallest absolute Gasteiger partial charge is 0.304 e. The van der Waals surface area contributed by atoms with Crippen LogP contribution in [0.1, 0.15) is 18.1 Å². The van der Waals surface area contributed by atoms with E-state index < -0.39 is 5.60 Å². The molecule has 0 aliphatic heterocycles. The fourth-order valence-electron chi connectivity index (χ4n) is 2.71. The third-order valence-electron chi connectivity index (χ3n) is 3.40. The highest BCUT2D eigenvalue weighted by Crippen LogP contribution is 2.49. The molecule has 2 aromatic rings. The van der Waals surface area contributed by atoms with Crippen molar-refractivity contribution in [3.63, 3.8) is 0 Å². The molecule has 19 heavy (non-hydrogen) atoms. The summed E-state index contributed by atoms with van der Waals surface area (Å²) in [6.45, 7) is 1.38. The normalized spacial score (nSPS) is 14.1. The molecule has 1 aliphatic rings. The average Bonchev–Trinajstić information content (AvgIpc) is 2.71. The van der Waals surface area contributed by atoms with Crippen molar-refractivity contribution in [3.05, 3.63) is 59.7 Å². The van der Waals surface area contributed by atoms with Crippen molar-refractivity contribution >= 4 is 5.97 Å². The summed E-state index contributed by atoms with van der Waals surface area (Å²) >= 11 is 0. The predicted octanol–water partition coefficient (Wildman–Crippen LogP) is 3.11. The van der Waals surface area contributed by atoms with Gasteiger partial charge in [0.05, 0.1) is 0 Å². The van der Waals surface area contributed by atoms with E-state index in [-0.39, 0.29) is 5.97 Å². The van der Waals surface area contributed by atoms with Crippen LogP contribution in [0, 0.1) is 12.3 Å². The molecular formula is C17H12O2. The number of esters is 1. The van der Waals surface area contributed by atoms with Gasteiger partial charge in [-0.2, -0.15) is 0 Å². The molecule has 2 heteroatoms. The number of hydrogen-bond acceptors (Lipinski definition) is 2. The standard InChI is InChI=1S/C17H12O2/c1-3-17(19-12(2)18)15-10-6-4-8-13(15)14-9-5-7-11-16(14)17/h1,4-11H,2H3. The van der Waals surface area contributed by atoms with Crippen molar-refractivity contribution in [2.45, 2.75) is 12.5 Å². The van der Waals surface area contributed by atoms with E-state index in [0.29, 0.717) is 0 Å². The molecule has 2 aromatic carbocycles. The number of rotatable bonds is 1. The summed E-state index contributed by atoms with van der Waals surface area (Å²) in [6, 6.07) is 15.5. The van der Waals surface area contributed by atoms with Gasteiger partial charge in [0.2, 0.25) is 5.60 Å². The SMILES string of the molecule is C#CC1(OC(C)=O)c2ccccc2-c2ccccc21. The van der Waals surface area contributed by atoms with Gasteiger partial charge in [-0.05, 0) is 17.0 Å². The minimum Gasteiger partial charge on any atom is -0.437 e. The van der Waals surface area contributed by atoms with Crippen molar-refractivity contribution in [2.75, 3.05) is 0 Å². The maximum atomic E-state index is 11.5. The Bertz CT molecular complexity index is 662. The molecule has 0 saturated heterocycles. The molecule has 0 N–H and O–H groups in total. The highest BCUT2D eigenvalue weighted by atomic mass is 16.6. The molecule has 3 rings (SSSR count). The van der Waals surface area contributed by atoms with E-state index in [1.165, 1.54) is 6.92 Å². The third-order valence-corrected chi connectivity index (χ3v) is 3.40. The Labute approximate surface area is 112 Å². The van der Waals surface area contributed by atoms with Crippen LogP contribution in [0.5, 0.6) is 0 Å². The van der Waals surface area contributed by atoms with Crippen LogP contribution in [-0.2, 0) is 15.1 Å². The zero-order valence-electron chi connectivity index (χ0n) is 10.5. The van der Waals surface area contributed by atoms with Crippen LogP contribution in [0.25, 0.3) is 11.1 Å². The quantitative estimate of drug-likeness (QED) is 0.572. The van der Waals surface area contributed by atoms with E-state index in [9.17, 15) is 4.79 Å². The Hall–Kier alpha value is -2.53. The molecule has 92 valence electrons. The molecular weight excluding hydrogens is 236 g/mol. The molecule has 0 spiro atoms. The van der Waals surface area contributed by atoms with Crippen LogP contribution < -0.4 is 0 Å². The summed E-state index contributed by atoms with van der Waals surface area (Å²) in [7, 11) is 0. The summed E-state index contributed by atoms with van der Waals surface area (Å²) in [5.41, 5.74) is 2.66. The molecule has 0 amide bonds. The number of fused-ring (bicyclic) bond motifs is 3. The number of ether oxygens (including phenoxy) is 1. The second-order valence-electron chi connectivity index (χ2n) is 4.51. The molecule has 0 radical (unpaired) electrons. The van der Waals surface area contributed by atoms with Crippen LogP contribution in [0.4, 0.5) is 0 Å². The fraction of sp³-hybridized carbons (Fsp3) is 0.118. The van der Waals surface area contributed by atoms with Gasteiger partial charge >= 0.3 is 5.97 Å². The van der Waals surface area contributed by atoms with Crippen LogP contribution in [0.3, 0.4) is 0 Å². The van der Waals surface area contributed by atoms with Gasteiger partial charge in [0.15, 0.2) is 0 Å². The molecule has 0 atom stereocenters. The summed E-state index contributed by atoms with van der Waals surface area (Å²) in [5, 5.41) is 0. The minimum atomic E-state index is -1.10. The van der Waals surface area contributed by atoms with Crippen molar-refractivity contribution in [1.82, 2.24) is 0 Å². The first-order valence-electron chi connectivity index (χ1n) is 6.06. The number of carbonyl (C=O) groups excluding carboxylic acids is 1. The Balaban J connectivity index is 2.36. The molecule has 0 bridgehead atoms. The maximum absolute atomic E-state index is 11.5. The van der Waals surface area contributed by atoms with E-state index in [1.54, 1.807) is 0 Å². The number of carbonyl (C=O) groups is 1. The van der Waals surface area contributed by atoms with Gasteiger partial charge in [-0.3, -0.25) is 4.79 Å². The summed E-state index contributed by atoms with van der Waals surface area (Å²) in [6.07, 6.45) is 5.72. The third kappa shape index (κ3) is 1.49. The van der Waals surface area contributed by atoms with Gasteiger partial charge < -0.3 is 4.74 Å². The van der Waals surface area contributed by atoms with Gasteiger partial charge in [0.1, 0.15) is 0 Å². The minimum absolute atomic E-state index is 0.385. The summed E-state index contributed by atoms with van der Waals surface area (Å²) < 4.78 is 5.53. The van der Waals surface area contributed by atoms with Crippen LogP contribution in [0.15, 0.2) is 48.5 Å². The second kappa shape index (κ2) is 4.00. The van der Waals surface area contributed by atoms with Crippen molar-refractivity contribution in [3.8, 4) is 23.5 Å². The fourth-order valence-corrected chi connectivity index (χ4v) is 2.71. The molecule has 0 heterocycles. The van der Waals surface area contributed by atoms with Crippen molar-refractivity contribution in [1.29, 1.82) is 0 Å². The van der Waals surface area contributed by atoms with E-state index in [4.69, 9.17) is 11.2 Å². The average molecular weight is 248 g/mol. The Morgan fingerprint density at radius 1 is 1.05 bits per heavy atom. The Morgan fingerprint density at radius 2 is 1.53 bits per heavy atom. The zero-order chi connectivity index (χ0) is 13.5. The molecule has 0 fully saturated rings. The topological polar surface area (TPSA) is 26.3 Å². The lowest BCUT2D eigenvalue weighted by Gasteiger charge is -2.25. The van der Waals surface area contributed by atoms with Crippen LogP contribution in [0.2, 0.25) is 0 Å². The highest BCUT2D eigenvalue weighted by Gasteiger charge is 2.44. The van der Waals surface area contributed by atoms with Crippen molar-refractivity contribution in [2.24, 2.45) is 0 Å². The lowest BCUT2D eigenvalue weighted by atomic mass is 9.92. The van der Waals surface area contributed by atoms with E-state index in [1.807, 2.05) is 48.5 Å². The van der Waals surface area contributed by atoms with Gasteiger partial charge in [-0.25, -0.2) is 0 Å². The summed E-state index contributed by atoms with van der Waals surface area (Å²) in [4.78, 5) is 11.5. The van der Waals surface area contributed by atoms with Gasteiger partial charge in [0, 0.05) is 18.1 Å². The first-order chi connectivity index (χ1) is 9.19. The van der Waals surface area contributed by atoms with Gasteiger partial charge in [-0.15, -0.1) is 6.42 Å². The predicted molar refractivity (Wildman–Crippen MR) is 73.3 cm³/mol. The van der Waals surface area contributed by atoms with Crippen LogP contribution in [-0.4, -0.2) is 5.97 Å². The molecule has 2 nitrogen and oxygen atoms in total. The molecule has 0 aromatic heterocycles. The number of terminal acetylenes is 1. The number of benzene rings is 2. The maximum Gasteiger partial charge on any atom is 0.304 e. The Morgan fingerprint density at radius 3 is 1.95 bits per heavy atom. The van der Waals surface area contributed by atoms with Crippen molar-refractivity contribution < 1.29 is 9.53 Å². The van der Waals surface area contributed by atoms with E-state index in [2.05, 4.69) is 5.92 Å². The monoisotopic (exact) mass is 248 g/mol. The first-order valence-corrected chi connectivity index (χ1v) is 6.06.